The summed E-state index contributed by atoms with van der Waals surface area (Å²) in [6.45, 7) is 0. The highest BCUT2D eigenvalue weighted by molar-refractivity contribution is 9.10. The molecule has 1 nitrogen and oxygen atoms in total. The summed E-state index contributed by atoms with van der Waals surface area (Å²) < 4.78 is 1.09. The zero-order valence-electron chi connectivity index (χ0n) is 20.2. The van der Waals surface area contributed by atoms with E-state index in [9.17, 15) is 0 Å². The molecule has 0 N–H and O–H groups in total. The Labute approximate surface area is 226 Å². The predicted molar refractivity (Wildman–Crippen MR) is 159 cm³/mol. The summed E-state index contributed by atoms with van der Waals surface area (Å²) in [5, 5.41) is 0. The molecule has 0 saturated carbocycles. The highest BCUT2D eigenvalue weighted by atomic mass is 79.9. The quantitative estimate of drug-likeness (QED) is 0.213. The number of hydrogen-bond acceptors (Lipinski definition) is 1. The van der Waals surface area contributed by atoms with Gasteiger partial charge in [-0.25, -0.2) is 4.98 Å². The molecule has 6 aromatic rings. The largest absolute Gasteiger partial charge is 0.248 e. The first-order valence-corrected chi connectivity index (χ1v) is 13.1. The molecule has 6 rings (SSSR count). The van der Waals surface area contributed by atoms with Crippen LogP contribution in [0.15, 0.2) is 150 Å². The second kappa shape index (κ2) is 10.4. The first kappa shape index (κ1) is 23.1. The van der Waals surface area contributed by atoms with Crippen molar-refractivity contribution in [2.45, 2.75) is 0 Å². The smallest absolute Gasteiger partial charge is 0.0715 e. The van der Waals surface area contributed by atoms with E-state index in [1.807, 2.05) is 18.2 Å². The van der Waals surface area contributed by atoms with Gasteiger partial charge in [-0.15, -0.1) is 0 Å². The predicted octanol–water partition coefficient (Wildman–Crippen LogP) is 10.2. The average Bonchev–Trinajstić information content (AvgIpc) is 2.98. The first-order valence-electron chi connectivity index (χ1n) is 12.3. The van der Waals surface area contributed by atoms with Crippen LogP contribution >= 0.6 is 15.9 Å². The molecule has 0 fully saturated rings. The van der Waals surface area contributed by atoms with E-state index in [2.05, 4.69) is 143 Å². The molecule has 1 heterocycles. The zero-order valence-corrected chi connectivity index (χ0v) is 21.8. The van der Waals surface area contributed by atoms with Crippen LogP contribution in [-0.4, -0.2) is 4.98 Å². The number of hydrogen-bond donors (Lipinski definition) is 0. The minimum absolute atomic E-state index is 0.976. The highest BCUT2D eigenvalue weighted by Gasteiger charge is 2.09. The van der Waals surface area contributed by atoms with E-state index in [0.29, 0.717) is 0 Å². The molecule has 2 heteroatoms. The van der Waals surface area contributed by atoms with Gasteiger partial charge in [0.25, 0.3) is 0 Å². The van der Waals surface area contributed by atoms with E-state index >= 15 is 0 Å². The number of aromatic nitrogens is 1. The monoisotopic (exact) mass is 537 g/mol. The molecule has 0 aliphatic heterocycles. The zero-order chi connectivity index (χ0) is 25.0. The molecular formula is C35H24BrN. The summed E-state index contributed by atoms with van der Waals surface area (Å²) in [5.74, 6) is 0. The van der Waals surface area contributed by atoms with Gasteiger partial charge in [-0.05, 0) is 57.6 Å². The molecule has 5 aromatic carbocycles. The molecule has 0 radical (unpaired) electrons. The topological polar surface area (TPSA) is 12.9 Å². The maximum atomic E-state index is 5.00. The Morgan fingerprint density at radius 2 is 0.730 bits per heavy atom. The van der Waals surface area contributed by atoms with E-state index < -0.39 is 0 Å². The SMILES string of the molecule is Brc1cccc(-c2ccc(-c3ccc(-c4cc(-c5ccccc5)nc(-c5ccccc5)c4)cc3)cc2)c1. The van der Waals surface area contributed by atoms with Crippen molar-refractivity contribution in [2.75, 3.05) is 0 Å². The van der Waals surface area contributed by atoms with Crippen LogP contribution in [0.25, 0.3) is 55.9 Å². The Bertz CT molecular complexity index is 1580. The molecule has 176 valence electrons. The third-order valence-electron chi connectivity index (χ3n) is 6.56. The van der Waals surface area contributed by atoms with E-state index in [0.717, 1.165) is 32.6 Å². The van der Waals surface area contributed by atoms with Crippen molar-refractivity contribution >= 4 is 15.9 Å². The number of rotatable bonds is 5. The number of nitrogens with zero attached hydrogens (tertiary/aromatic N) is 1. The molecular weight excluding hydrogens is 514 g/mol. The van der Waals surface area contributed by atoms with Crippen molar-refractivity contribution in [1.29, 1.82) is 0 Å². The summed E-state index contributed by atoms with van der Waals surface area (Å²) in [6, 6.07) is 51.1. The first-order chi connectivity index (χ1) is 18.2. The van der Waals surface area contributed by atoms with Gasteiger partial charge in [0.15, 0.2) is 0 Å². The number of pyridine rings is 1. The van der Waals surface area contributed by atoms with Crippen molar-refractivity contribution in [1.82, 2.24) is 4.98 Å². The number of halogens is 1. The lowest BCUT2D eigenvalue weighted by atomic mass is 9.96. The van der Waals surface area contributed by atoms with Gasteiger partial charge in [0.1, 0.15) is 0 Å². The van der Waals surface area contributed by atoms with E-state index in [1.54, 1.807) is 0 Å². The van der Waals surface area contributed by atoms with Gasteiger partial charge in [0, 0.05) is 15.6 Å². The van der Waals surface area contributed by atoms with Crippen LogP contribution in [-0.2, 0) is 0 Å². The fraction of sp³-hybridized carbons (Fsp3) is 0. The Hall–Kier alpha value is -4.27. The third kappa shape index (κ3) is 5.16. The van der Waals surface area contributed by atoms with E-state index in [-0.39, 0.29) is 0 Å². The molecule has 1 aromatic heterocycles. The summed E-state index contributed by atoms with van der Waals surface area (Å²) in [6.07, 6.45) is 0. The van der Waals surface area contributed by atoms with Gasteiger partial charge in [0.05, 0.1) is 11.4 Å². The summed E-state index contributed by atoms with van der Waals surface area (Å²) in [5.41, 5.74) is 11.3. The Morgan fingerprint density at radius 3 is 1.19 bits per heavy atom. The van der Waals surface area contributed by atoms with Crippen LogP contribution in [0.3, 0.4) is 0 Å². The van der Waals surface area contributed by atoms with E-state index in [1.165, 1.54) is 27.8 Å². The number of benzene rings is 5. The van der Waals surface area contributed by atoms with Crippen molar-refractivity contribution in [2.24, 2.45) is 0 Å². The van der Waals surface area contributed by atoms with Crippen molar-refractivity contribution in [3.8, 4) is 55.9 Å². The Balaban J connectivity index is 1.34. The highest BCUT2D eigenvalue weighted by Crippen LogP contribution is 2.32. The van der Waals surface area contributed by atoms with Crippen LogP contribution in [0.4, 0.5) is 0 Å². The van der Waals surface area contributed by atoms with Crippen LogP contribution in [0.2, 0.25) is 0 Å². The van der Waals surface area contributed by atoms with Gasteiger partial charge >= 0.3 is 0 Å². The molecule has 0 unspecified atom stereocenters. The second-order valence-electron chi connectivity index (χ2n) is 9.02. The molecule has 37 heavy (non-hydrogen) atoms. The normalized spacial score (nSPS) is 10.8. The summed E-state index contributed by atoms with van der Waals surface area (Å²) in [7, 11) is 0. The fourth-order valence-corrected chi connectivity index (χ4v) is 4.99. The standard InChI is InChI=1S/C35H24BrN/c36-33-13-7-12-31(22-33)27-18-14-25(15-19-27)26-16-20-28(21-17-26)32-23-34(29-8-3-1-4-9-29)37-35(24-32)30-10-5-2-6-11-30/h1-24H. The van der Waals surface area contributed by atoms with Gasteiger partial charge in [0.2, 0.25) is 0 Å². The molecule has 0 aliphatic rings. The molecule has 0 spiro atoms. The minimum atomic E-state index is 0.976. The molecule has 0 atom stereocenters. The van der Waals surface area contributed by atoms with Gasteiger partial charge in [-0.1, -0.05) is 137 Å². The lowest BCUT2D eigenvalue weighted by Crippen LogP contribution is -1.91. The van der Waals surface area contributed by atoms with Crippen LogP contribution in [0, 0.1) is 0 Å². The maximum Gasteiger partial charge on any atom is 0.0715 e. The third-order valence-corrected chi connectivity index (χ3v) is 7.05. The Kier molecular flexibility index (Phi) is 6.49. The second-order valence-corrected chi connectivity index (χ2v) is 9.94. The molecule has 0 amide bonds. The fourth-order valence-electron chi connectivity index (χ4n) is 4.59. The van der Waals surface area contributed by atoms with Gasteiger partial charge < -0.3 is 0 Å². The van der Waals surface area contributed by atoms with Crippen molar-refractivity contribution in [3.05, 3.63) is 150 Å². The van der Waals surface area contributed by atoms with E-state index in [4.69, 9.17) is 4.98 Å². The van der Waals surface area contributed by atoms with Crippen molar-refractivity contribution < 1.29 is 0 Å². The molecule has 0 saturated heterocycles. The Morgan fingerprint density at radius 1 is 0.324 bits per heavy atom. The molecule has 0 aliphatic carbocycles. The van der Waals surface area contributed by atoms with Gasteiger partial charge in [-0.3, -0.25) is 0 Å². The summed E-state index contributed by atoms with van der Waals surface area (Å²) in [4.78, 5) is 5.00. The van der Waals surface area contributed by atoms with Crippen LogP contribution in [0.1, 0.15) is 0 Å². The van der Waals surface area contributed by atoms with Crippen molar-refractivity contribution in [3.63, 3.8) is 0 Å². The van der Waals surface area contributed by atoms with Crippen LogP contribution < -0.4 is 0 Å². The van der Waals surface area contributed by atoms with Crippen LogP contribution in [0.5, 0.6) is 0 Å². The minimum Gasteiger partial charge on any atom is -0.248 e. The maximum absolute atomic E-state index is 5.00. The van der Waals surface area contributed by atoms with Gasteiger partial charge in [-0.2, -0.15) is 0 Å². The average molecular weight is 538 g/mol. The summed E-state index contributed by atoms with van der Waals surface area (Å²) >= 11 is 3.57. The lowest BCUT2D eigenvalue weighted by molar-refractivity contribution is 1.32. The lowest BCUT2D eigenvalue weighted by Gasteiger charge is -2.11. The molecule has 0 bridgehead atoms.